The third-order valence-corrected chi connectivity index (χ3v) is 6.93. The number of halogens is 1. The fraction of sp³-hybridized carbons (Fsp3) is 0.333. The average Bonchev–Trinajstić information content (AvgIpc) is 3.36. The molecule has 182 valence electrons. The minimum atomic E-state index is -0.599. The number of hydrogen-bond acceptors (Lipinski definition) is 2. The second-order valence-electron chi connectivity index (χ2n) is 9.51. The number of amides is 2. The molecule has 4 nitrogen and oxygen atoms in total. The molecule has 1 saturated carbocycles. The van der Waals surface area contributed by atoms with E-state index < -0.39 is 6.04 Å². The Morgan fingerprint density at radius 2 is 1.60 bits per heavy atom. The Kier molecular flexibility index (Phi) is 8.59. The van der Waals surface area contributed by atoms with Crippen molar-refractivity contribution in [3.63, 3.8) is 0 Å². The summed E-state index contributed by atoms with van der Waals surface area (Å²) in [4.78, 5) is 29.2. The van der Waals surface area contributed by atoms with Gasteiger partial charge in [-0.05, 0) is 48.6 Å². The van der Waals surface area contributed by atoms with E-state index in [4.69, 9.17) is 11.6 Å². The summed E-state index contributed by atoms with van der Waals surface area (Å²) in [6.07, 6.45) is 4.96. The number of nitrogens with one attached hydrogen (secondary N) is 1. The summed E-state index contributed by atoms with van der Waals surface area (Å²) in [5.41, 5.74) is 4.06. The van der Waals surface area contributed by atoms with Gasteiger partial charge in [-0.15, -0.1) is 0 Å². The molecule has 0 radical (unpaired) electrons. The first-order chi connectivity index (χ1) is 17.0. The quantitative estimate of drug-likeness (QED) is 0.408. The lowest BCUT2D eigenvalue weighted by Crippen LogP contribution is -2.52. The van der Waals surface area contributed by atoms with Crippen LogP contribution in [-0.4, -0.2) is 28.8 Å². The number of carbonyl (C=O) groups excluding carboxylic acids is 2. The van der Waals surface area contributed by atoms with Crippen molar-refractivity contribution in [3.8, 4) is 0 Å². The van der Waals surface area contributed by atoms with Crippen LogP contribution < -0.4 is 5.32 Å². The standard InChI is InChI=1S/C30H33ClN2O2/c1-22-8-7-11-25(18-22)21-33(29(34)20-24-14-16-26(31)17-15-24)28(19-23-9-3-2-4-10-23)30(35)32-27-12-5-6-13-27/h2-4,7-11,14-18,27-28H,5-6,12-13,19-21H2,1H3,(H,32,35)/t28-/m1/s1. The van der Waals surface area contributed by atoms with Gasteiger partial charge in [0, 0.05) is 24.0 Å². The Hall–Kier alpha value is -3.11. The highest BCUT2D eigenvalue weighted by atomic mass is 35.5. The predicted molar refractivity (Wildman–Crippen MR) is 141 cm³/mol. The third kappa shape index (κ3) is 7.19. The lowest BCUT2D eigenvalue weighted by Gasteiger charge is -2.32. The number of benzene rings is 3. The minimum Gasteiger partial charge on any atom is -0.352 e. The Bertz CT molecular complexity index is 1120. The lowest BCUT2D eigenvalue weighted by atomic mass is 10.0. The van der Waals surface area contributed by atoms with Gasteiger partial charge in [0.15, 0.2) is 0 Å². The highest BCUT2D eigenvalue weighted by Crippen LogP contribution is 2.21. The first kappa shape index (κ1) is 25.0. The zero-order valence-corrected chi connectivity index (χ0v) is 21.0. The fourth-order valence-corrected chi connectivity index (χ4v) is 4.93. The molecule has 1 fully saturated rings. The van der Waals surface area contributed by atoms with Crippen molar-refractivity contribution in [1.29, 1.82) is 0 Å². The zero-order valence-electron chi connectivity index (χ0n) is 20.3. The van der Waals surface area contributed by atoms with Crippen molar-refractivity contribution in [3.05, 3.63) is 106 Å². The van der Waals surface area contributed by atoms with E-state index in [9.17, 15) is 9.59 Å². The maximum atomic E-state index is 13.8. The van der Waals surface area contributed by atoms with Gasteiger partial charge < -0.3 is 10.2 Å². The summed E-state index contributed by atoms with van der Waals surface area (Å²) in [6, 6.07) is 25.0. The molecule has 1 aliphatic carbocycles. The molecule has 1 N–H and O–H groups in total. The van der Waals surface area contributed by atoms with E-state index in [1.807, 2.05) is 67.6 Å². The molecule has 0 unspecified atom stereocenters. The van der Waals surface area contributed by atoms with Crippen molar-refractivity contribution >= 4 is 23.4 Å². The molecule has 4 rings (SSSR count). The molecule has 1 aliphatic rings. The van der Waals surface area contributed by atoms with Crippen LogP contribution in [0, 0.1) is 6.92 Å². The Balaban J connectivity index is 1.65. The van der Waals surface area contributed by atoms with Gasteiger partial charge in [0.05, 0.1) is 6.42 Å². The molecule has 0 aromatic heterocycles. The molecule has 0 heterocycles. The van der Waals surface area contributed by atoms with Gasteiger partial charge in [0.25, 0.3) is 0 Å². The van der Waals surface area contributed by atoms with E-state index in [0.29, 0.717) is 18.0 Å². The summed E-state index contributed by atoms with van der Waals surface area (Å²) in [7, 11) is 0. The van der Waals surface area contributed by atoms with Crippen molar-refractivity contribution in [1.82, 2.24) is 10.2 Å². The van der Waals surface area contributed by atoms with Gasteiger partial charge in [-0.2, -0.15) is 0 Å². The molecule has 0 bridgehead atoms. The molecular weight excluding hydrogens is 456 g/mol. The van der Waals surface area contributed by atoms with Crippen molar-refractivity contribution in [2.75, 3.05) is 0 Å². The summed E-state index contributed by atoms with van der Waals surface area (Å²) in [5.74, 6) is -0.144. The number of nitrogens with zero attached hydrogens (tertiary/aromatic N) is 1. The Labute approximate surface area is 213 Å². The Morgan fingerprint density at radius 1 is 0.914 bits per heavy atom. The van der Waals surface area contributed by atoms with Gasteiger partial charge in [-0.1, -0.05) is 96.7 Å². The van der Waals surface area contributed by atoms with Gasteiger partial charge >= 0.3 is 0 Å². The molecule has 0 saturated heterocycles. The van der Waals surface area contributed by atoms with Crippen LogP contribution in [0.4, 0.5) is 0 Å². The fourth-order valence-electron chi connectivity index (χ4n) is 4.81. The topological polar surface area (TPSA) is 49.4 Å². The van der Waals surface area contributed by atoms with Crippen LogP contribution in [-0.2, 0) is 29.0 Å². The summed E-state index contributed by atoms with van der Waals surface area (Å²) in [6.45, 7) is 2.42. The minimum absolute atomic E-state index is 0.0714. The summed E-state index contributed by atoms with van der Waals surface area (Å²) >= 11 is 6.05. The van der Waals surface area contributed by atoms with E-state index in [1.54, 1.807) is 17.0 Å². The van der Waals surface area contributed by atoms with E-state index >= 15 is 0 Å². The van der Waals surface area contributed by atoms with Crippen molar-refractivity contribution in [2.45, 2.75) is 64.1 Å². The van der Waals surface area contributed by atoms with Crippen LogP contribution in [0.2, 0.25) is 5.02 Å². The highest BCUT2D eigenvalue weighted by Gasteiger charge is 2.32. The second kappa shape index (κ2) is 12.0. The SMILES string of the molecule is Cc1cccc(CN(C(=O)Cc2ccc(Cl)cc2)[C@H](Cc2ccccc2)C(=O)NC2CCCC2)c1. The summed E-state index contributed by atoms with van der Waals surface area (Å²) in [5, 5.41) is 3.89. The number of aryl methyl sites for hydroxylation is 1. The lowest BCUT2D eigenvalue weighted by molar-refractivity contribution is -0.141. The van der Waals surface area contributed by atoms with Crippen LogP contribution in [0.15, 0.2) is 78.9 Å². The van der Waals surface area contributed by atoms with Gasteiger partial charge in [0.2, 0.25) is 11.8 Å². The van der Waals surface area contributed by atoms with E-state index in [-0.39, 0.29) is 24.3 Å². The maximum absolute atomic E-state index is 13.8. The second-order valence-corrected chi connectivity index (χ2v) is 9.95. The van der Waals surface area contributed by atoms with E-state index in [1.165, 1.54) is 0 Å². The van der Waals surface area contributed by atoms with Gasteiger partial charge in [-0.25, -0.2) is 0 Å². The molecule has 3 aromatic carbocycles. The molecule has 0 aliphatic heterocycles. The van der Waals surface area contributed by atoms with E-state index in [2.05, 4.69) is 11.4 Å². The number of hydrogen-bond donors (Lipinski definition) is 1. The number of carbonyl (C=O) groups is 2. The molecule has 5 heteroatoms. The van der Waals surface area contributed by atoms with E-state index in [0.717, 1.165) is 47.9 Å². The normalized spacial score (nSPS) is 14.5. The maximum Gasteiger partial charge on any atom is 0.243 e. The highest BCUT2D eigenvalue weighted by molar-refractivity contribution is 6.30. The van der Waals surface area contributed by atoms with Gasteiger partial charge in [0.1, 0.15) is 6.04 Å². The molecule has 3 aromatic rings. The van der Waals surface area contributed by atoms with Crippen LogP contribution in [0.3, 0.4) is 0 Å². The van der Waals surface area contributed by atoms with Gasteiger partial charge in [-0.3, -0.25) is 9.59 Å². The summed E-state index contributed by atoms with van der Waals surface area (Å²) < 4.78 is 0. The first-order valence-electron chi connectivity index (χ1n) is 12.4. The molecule has 35 heavy (non-hydrogen) atoms. The average molecular weight is 489 g/mol. The largest absolute Gasteiger partial charge is 0.352 e. The monoisotopic (exact) mass is 488 g/mol. The number of rotatable bonds is 9. The van der Waals surface area contributed by atoms with Crippen LogP contribution in [0.1, 0.15) is 47.9 Å². The molecule has 2 amide bonds. The third-order valence-electron chi connectivity index (χ3n) is 6.68. The predicted octanol–water partition coefficient (Wildman–Crippen LogP) is 5.89. The van der Waals surface area contributed by atoms with Crippen LogP contribution >= 0.6 is 11.6 Å². The van der Waals surface area contributed by atoms with Crippen molar-refractivity contribution < 1.29 is 9.59 Å². The smallest absolute Gasteiger partial charge is 0.243 e. The zero-order chi connectivity index (χ0) is 24.6. The molecule has 1 atom stereocenters. The van der Waals surface area contributed by atoms with Crippen molar-refractivity contribution in [2.24, 2.45) is 0 Å². The molecule has 0 spiro atoms. The first-order valence-corrected chi connectivity index (χ1v) is 12.8. The molecular formula is C30H33ClN2O2. The van der Waals surface area contributed by atoms with Crippen LogP contribution in [0.25, 0.3) is 0 Å². The van der Waals surface area contributed by atoms with Crippen LogP contribution in [0.5, 0.6) is 0 Å². The Morgan fingerprint density at radius 3 is 2.29 bits per heavy atom.